The molecular weight excluding hydrogens is 210 g/mol. The molecule has 90 valence electrons. The van der Waals surface area contributed by atoms with Gasteiger partial charge in [0.1, 0.15) is 0 Å². The minimum absolute atomic E-state index is 0.00348. The molecule has 0 saturated carbocycles. The van der Waals surface area contributed by atoms with Crippen molar-refractivity contribution in [3.63, 3.8) is 0 Å². The van der Waals surface area contributed by atoms with Crippen LogP contribution in [-0.4, -0.2) is 37.8 Å². The maximum absolute atomic E-state index is 10.9. The number of carboxylic acid groups (broad SMARTS) is 1. The fourth-order valence-electron chi connectivity index (χ4n) is 1.43. The zero-order chi connectivity index (χ0) is 12.3. The first kappa shape index (κ1) is 12.6. The van der Waals surface area contributed by atoms with Crippen LogP contribution < -0.4 is 0 Å². The van der Waals surface area contributed by atoms with Crippen LogP contribution in [-0.2, 0) is 13.0 Å². The van der Waals surface area contributed by atoms with Crippen LogP contribution in [0.15, 0.2) is 0 Å². The number of aliphatic hydroxyl groups excluding tert-OH is 1. The molecule has 16 heavy (non-hydrogen) atoms. The van der Waals surface area contributed by atoms with Gasteiger partial charge in [0, 0.05) is 12.0 Å². The molecule has 1 aromatic rings. The van der Waals surface area contributed by atoms with Gasteiger partial charge in [-0.05, 0) is 6.42 Å². The van der Waals surface area contributed by atoms with Gasteiger partial charge in [-0.15, -0.1) is 5.10 Å². The Bertz CT molecular complexity index is 385. The topological polar surface area (TPSA) is 88.2 Å². The number of carbonyl (C=O) groups is 1. The minimum Gasteiger partial charge on any atom is -0.476 e. The molecule has 0 unspecified atom stereocenters. The maximum Gasteiger partial charge on any atom is 0.358 e. The molecule has 1 rings (SSSR count). The summed E-state index contributed by atoms with van der Waals surface area (Å²) in [6.07, 6.45) is 0.552. The molecule has 0 amide bonds. The van der Waals surface area contributed by atoms with Crippen LogP contribution in [0.1, 0.15) is 37.0 Å². The Balaban J connectivity index is 3.02. The van der Waals surface area contributed by atoms with Crippen molar-refractivity contribution >= 4 is 5.97 Å². The Morgan fingerprint density at radius 1 is 1.50 bits per heavy atom. The van der Waals surface area contributed by atoms with Crippen molar-refractivity contribution in [2.75, 3.05) is 6.61 Å². The van der Waals surface area contributed by atoms with Gasteiger partial charge in [0.05, 0.1) is 12.2 Å². The molecule has 0 spiro atoms. The number of nitrogens with zero attached hydrogens (tertiary/aromatic N) is 3. The molecule has 0 aromatic carbocycles. The van der Waals surface area contributed by atoms with Gasteiger partial charge < -0.3 is 10.2 Å². The molecule has 0 saturated heterocycles. The lowest BCUT2D eigenvalue weighted by molar-refractivity contribution is 0.0689. The highest BCUT2D eigenvalue weighted by molar-refractivity contribution is 5.86. The maximum atomic E-state index is 10.9. The first-order valence-electron chi connectivity index (χ1n) is 5.18. The first-order valence-corrected chi connectivity index (χ1v) is 5.18. The van der Waals surface area contributed by atoms with Crippen LogP contribution in [0, 0.1) is 5.41 Å². The van der Waals surface area contributed by atoms with E-state index in [4.69, 9.17) is 10.2 Å². The number of hydrogen-bond donors (Lipinski definition) is 2. The van der Waals surface area contributed by atoms with E-state index >= 15 is 0 Å². The largest absolute Gasteiger partial charge is 0.476 e. The molecule has 0 aliphatic rings. The number of rotatable bonds is 5. The molecule has 6 heteroatoms. The van der Waals surface area contributed by atoms with Crippen LogP contribution in [0.4, 0.5) is 0 Å². The van der Waals surface area contributed by atoms with Crippen molar-refractivity contribution in [1.29, 1.82) is 0 Å². The predicted molar refractivity (Wildman–Crippen MR) is 57.2 cm³/mol. The highest BCUT2D eigenvalue weighted by atomic mass is 16.4. The quantitative estimate of drug-likeness (QED) is 0.767. The molecule has 0 aliphatic heterocycles. The van der Waals surface area contributed by atoms with Gasteiger partial charge in [0.25, 0.3) is 0 Å². The summed E-state index contributed by atoms with van der Waals surface area (Å²) in [4.78, 5) is 10.9. The Morgan fingerprint density at radius 3 is 2.56 bits per heavy atom. The number of carboxylic acids is 1. The Hall–Kier alpha value is -1.43. The van der Waals surface area contributed by atoms with Crippen molar-refractivity contribution in [2.45, 2.75) is 33.7 Å². The van der Waals surface area contributed by atoms with E-state index in [1.165, 1.54) is 0 Å². The van der Waals surface area contributed by atoms with Gasteiger partial charge in [-0.1, -0.05) is 26.0 Å². The van der Waals surface area contributed by atoms with E-state index in [2.05, 4.69) is 10.3 Å². The van der Waals surface area contributed by atoms with Crippen molar-refractivity contribution in [3.05, 3.63) is 11.4 Å². The van der Waals surface area contributed by atoms with E-state index in [1.54, 1.807) is 4.68 Å². The highest BCUT2D eigenvalue weighted by Gasteiger charge is 2.23. The van der Waals surface area contributed by atoms with Gasteiger partial charge in [-0.25, -0.2) is 9.48 Å². The number of aromatic nitrogens is 3. The van der Waals surface area contributed by atoms with Crippen LogP contribution in [0.2, 0.25) is 0 Å². The Labute approximate surface area is 93.9 Å². The van der Waals surface area contributed by atoms with Crippen molar-refractivity contribution in [3.8, 4) is 0 Å². The molecule has 0 fully saturated rings. The summed E-state index contributed by atoms with van der Waals surface area (Å²) in [5.41, 5.74) is 0.248. The number of aliphatic hydroxyl groups is 1. The summed E-state index contributed by atoms with van der Waals surface area (Å²) in [5.74, 6) is -1.06. The molecule has 2 N–H and O–H groups in total. The van der Waals surface area contributed by atoms with E-state index in [-0.39, 0.29) is 17.7 Å². The average molecular weight is 227 g/mol. The summed E-state index contributed by atoms with van der Waals surface area (Å²) in [7, 11) is 0. The Morgan fingerprint density at radius 2 is 2.12 bits per heavy atom. The monoisotopic (exact) mass is 227 g/mol. The molecule has 1 aromatic heterocycles. The van der Waals surface area contributed by atoms with E-state index in [0.29, 0.717) is 18.7 Å². The normalized spacial score (nSPS) is 11.8. The second kappa shape index (κ2) is 4.61. The van der Waals surface area contributed by atoms with E-state index in [0.717, 1.165) is 0 Å². The zero-order valence-corrected chi connectivity index (χ0v) is 9.77. The molecule has 1 heterocycles. The summed E-state index contributed by atoms with van der Waals surface area (Å²) in [5, 5.41) is 25.5. The third-order valence-corrected chi connectivity index (χ3v) is 2.38. The third-order valence-electron chi connectivity index (χ3n) is 2.38. The fourth-order valence-corrected chi connectivity index (χ4v) is 1.43. The van der Waals surface area contributed by atoms with E-state index in [1.807, 2.05) is 20.8 Å². The standard InChI is InChI=1S/C10H17N3O3/c1-4-7-8(9(15)16)11-12-13(7)5-10(2,3)6-14/h14H,4-6H2,1-3H3,(H,15,16). The van der Waals surface area contributed by atoms with Crippen LogP contribution in [0.5, 0.6) is 0 Å². The smallest absolute Gasteiger partial charge is 0.358 e. The second-order valence-electron chi connectivity index (χ2n) is 4.52. The van der Waals surface area contributed by atoms with Crippen molar-refractivity contribution < 1.29 is 15.0 Å². The minimum atomic E-state index is -1.06. The first-order chi connectivity index (χ1) is 7.41. The second-order valence-corrected chi connectivity index (χ2v) is 4.52. The molecule has 0 bridgehead atoms. The number of hydrogen-bond acceptors (Lipinski definition) is 4. The van der Waals surface area contributed by atoms with Gasteiger partial charge in [-0.2, -0.15) is 0 Å². The molecule has 0 atom stereocenters. The van der Waals surface area contributed by atoms with Gasteiger partial charge in [0.2, 0.25) is 0 Å². The summed E-state index contributed by atoms with van der Waals surface area (Å²) >= 11 is 0. The molecule has 0 radical (unpaired) electrons. The fraction of sp³-hybridized carbons (Fsp3) is 0.700. The molecular formula is C10H17N3O3. The SMILES string of the molecule is CCc1c(C(=O)O)nnn1CC(C)(C)CO. The van der Waals surface area contributed by atoms with E-state index < -0.39 is 5.97 Å². The van der Waals surface area contributed by atoms with Crippen LogP contribution in [0.3, 0.4) is 0 Å². The summed E-state index contributed by atoms with van der Waals surface area (Å²) in [6.45, 7) is 6.09. The number of aromatic carboxylic acids is 1. The van der Waals surface area contributed by atoms with Gasteiger partial charge in [0.15, 0.2) is 5.69 Å². The van der Waals surface area contributed by atoms with Crippen LogP contribution >= 0.6 is 0 Å². The van der Waals surface area contributed by atoms with E-state index in [9.17, 15) is 4.79 Å². The van der Waals surface area contributed by atoms with Crippen LogP contribution in [0.25, 0.3) is 0 Å². The average Bonchev–Trinajstić information content (AvgIpc) is 2.60. The lowest BCUT2D eigenvalue weighted by atomic mass is 9.95. The summed E-state index contributed by atoms with van der Waals surface area (Å²) < 4.78 is 1.56. The summed E-state index contributed by atoms with van der Waals surface area (Å²) in [6, 6.07) is 0. The van der Waals surface area contributed by atoms with Crippen molar-refractivity contribution in [1.82, 2.24) is 15.0 Å². The van der Waals surface area contributed by atoms with Gasteiger partial charge >= 0.3 is 5.97 Å². The predicted octanol–water partition coefficient (Wildman–Crippen LogP) is 0.557. The zero-order valence-electron chi connectivity index (χ0n) is 9.77. The van der Waals surface area contributed by atoms with Gasteiger partial charge in [-0.3, -0.25) is 0 Å². The van der Waals surface area contributed by atoms with Crippen molar-refractivity contribution in [2.24, 2.45) is 5.41 Å². The lowest BCUT2D eigenvalue weighted by Gasteiger charge is -2.21. The third kappa shape index (κ3) is 2.57. The highest BCUT2D eigenvalue weighted by Crippen LogP contribution is 2.18. The Kier molecular flexibility index (Phi) is 3.64. The lowest BCUT2D eigenvalue weighted by Crippen LogP contribution is -2.25. The molecule has 0 aliphatic carbocycles. The molecule has 6 nitrogen and oxygen atoms in total.